The fraction of sp³-hybridized carbons (Fsp3) is 0.917. The molecule has 0 bridgehead atoms. The summed E-state index contributed by atoms with van der Waals surface area (Å²) in [6.07, 6.45) is 4.15. The van der Waals surface area contributed by atoms with Gasteiger partial charge in [0.1, 0.15) is 0 Å². The molecule has 0 amide bonds. The molecule has 0 aromatic carbocycles. The molecule has 1 saturated carbocycles. The van der Waals surface area contributed by atoms with Crippen molar-refractivity contribution in [2.75, 3.05) is 0 Å². The molecule has 0 aromatic rings. The molecular formula is C12H22O3. The van der Waals surface area contributed by atoms with Gasteiger partial charge in [0, 0.05) is 0 Å². The predicted molar refractivity (Wildman–Crippen MR) is 58.8 cm³/mol. The van der Waals surface area contributed by atoms with Crippen molar-refractivity contribution in [3.05, 3.63) is 0 Å². The van der Waals surface area contributed by atoms with E-state index in [9.17, 15) is 9.90 Å². The van der Waals surface area contributed by atoms with Crippen LogP contribution in [0.5, 0.6) is 0 Å². The quantitative estimate of drug-likeness (QED) is 0.782. The average molecular weight is 214 g/mol. The van der Waals surface area contributed by atoms with Crippen LogP contribution in [0.1, 0.15) is 52.9 Å². The number of rotatable bonds is 4. The minimum absolute atomic E-state index is 0.0366. The Kier molecular flexibility index (Phi) is 4.14. The number of aliphatic carboxylic acids is 1. The van der Waals surface area contributed by atoms with Crippen molar-refractivity contribution in [2.45, 2.75) is 64.6 Å². The van der Waals surface area contributed by atoms with E-state index in [2.05, 4.69) is 6.92 Å². The van der Waals surface area contributed by atoms with E-state index >= 15 is 0 Å². The van der Waals surface area contributed by atoms with Gasteiger partial charge in [-0.15, -0.1) is 0 Å². The number of ether oxygens (including phenoxy) is 1. The Morgan fingerprint density at radius 1 is 1.53 bits per heavy atom. The highest BCUT2D eigenvalue weighted by Gasteiger charge is 2.43. The summed E-state index contributed by atoms with van der Waals surface area (Å²) in [5.74, 6) is -0.146. The summed E-state index contributed by atoms with van der Waals surface area (Å²) >= 11 is 0. The zero-order valence-corrected chi connectivity index (χ0v) is 9.95. The largest absolute Gasteiger partial charge is 0.479 e. The summed E-state index contributed by atoms with van der Waals surface area (Å²) < 4.78 is 5.74. The molecule has 0 radical (unpaired) electrons. The third kappa shape index (κ3) is 2.94. The summed E-state index contributed by atoms with van der Waals surface area (Å²) in [5.41, 5.74) is -0.901. The molecule has 1 aliphatic rings. The van der Waals surface area contributed by atoms with Gasteiger partial charge in [-0.3, -0.25) is 0 Å². The lowest BCUT2D eigenvalue weighted by molar-refractivity contribution is -0.180. The molecule has 1 rings (SSSR count). The van der Waals surface area contributed by atoms with Crippen molar-refractivity contribution >= 4 is 5.97 Å². The van der Waals surface area contributed by atoms with Crippen LogP contribution in [0, 0.1) is 5.92 Å². The van der Waals surface area contributed by atoms with E-state index in [1.54, 1.807) is 0 Å². The number of hydrogen-bond donors (Lipinski definition) is 1. The maximum absolute atomic E-state index is 11.3. The highest BCUT2D eigenvalue weighted by Crippen LogP contribution is 2.36. The molecule has 88 valence electrons. The second-order valence-corrected chi connectivity index (χ2v) is 4.82. The number of carboxylic acid groups (broad SMARTS) is 1. The Morgan fingerprint density at radius 2 is 2.07 bits per heavy atom. The Morgan fingerprint density at radius 3 is 2.47 bits per heavy atom. The zero-order chi connectivity index (χ0) is 11.5. The highest BCUT2D eigenvalue weighted by molar-refractivity contribution is 5.77. The summed E-state index contributed by atoms with van der Waals surface area (Å²) in [5, 5.41) is 9.29. The van der Waals surface area contributed by atoms with Crippen LogP contribution < -0.4 is 0 Å². The van der Waals surface area contributed by atoms with Gasteiger partial charge in [0.05, 0.1) is 6.10 Å². The lowest BCUT2D eigenvalue weighted by Crippen LogP contribution is -2.46. The summed E-state index contributed by atoms with van der Waals surface area (Å²) in [6, 6.07) is 0. The van der Waals surface area contributed by atoms with E-state index in [0.29, 0.717) is 18.8 Å². The monoisotopic (exact) mass is 214 g/mol. The molecule has 1 aliphatic carbocycles. The van der Waals surface area contributed by atoms with Crippen molar-refractivity contribution in [1.29, 1.82) is 0 Å². The maximum atomic E-state index is 11.3. The van der Waals surface area contributed by atoms with E-state index in [1.165, 1.54) is 0 Å². The number of hydrogen-bond acceptors (Lipinski definition) is 2. The SMILES string of the molecule is CCC(C)OC1(C(=O)O)CCC(C)CC1. The van der Waals surface area contributed by atoms with Gasteiger partial charge >= 0.3 is 5.97 Å². The standard InChI is InChI=1S/C12H22O3/c1-4-10(3)15-12(11(13)14)7-5-9(2)6-8-12/h9-10H,4-8H2,1-3H3,(H,13,14). The van der Waals surface area contributed by atoms with Crippen molar-refractivity contribution in [2.24, 2.45) is 5.92 Å². The molecule has 0 heterocycles. The van der Waals surface area contributed by atoms with E-state index in [0.717, 1.165) is 19.3 Å². The van der Waals surface area contributed by atoms with Crippen molar-refractivity contribution in [1.82, 2.24) is 0 Å². The first kappa shape index (κ1) is 12.5. The van der Waals surface area contributed by atoms with Crippen LogP contribution in [0.25, 0.3) is 0 Å². The van der Waals surface area contributed by atoms with Crippen LogP contribution in [-0.4, -0.2) is 22.8 Å². The fourth-order valence-electron chi connectivity index (χ4n) is 2.08. The van der Waals surface area contributed by atoms with Gasteiger partial charge < -0.3 is 9.84 Å². The van der Waals surface area contributed by atoms with Gasteiger partial charge in [-0.1, -0.05) is 13.8 Å². The van der Waals surface area contributed by atoms with Gasteiger partial charge in [0.25, 0.3) is 0 Å². The van der Waals surface area contributed by atoms with Crippen LogP contribution in [0.2, 0.25) is 0 Å². The molecule has 1 N–H and O–H groups in total. The van der Waals surface area contributed by atoms with E-state index in [4.69, 9.17) is 4.74 Å². The Labute approximate surface area is 91.8 Å². The number of carboxylic acids is 1. The third-order valence-corrected chi connectivity index (χ3v) is 3.47. The van der Waals surface area contributed by atoms with Gasteiger partial charge in [-0.25, -0.2) is 4.79 Å². The Hall–Kier alpha value is -0.570. The van der Waals surface area contributed by atoms with Gasteiger partial charge in [-0.2, -0.15) is 0 Å². The van der Waals surface area contributed by atoms with Crippen LogP contribution in [0.3, 0.4) is 0 Å². The van der Waals surface area contributed by atoms with Gasteiger partial charge in [-0.05, 0) is 44.9 Å². The second kappa shape index (κ2) is 4.97. The molecule has 0 spiro atoms. The molecule has 1 fully saturated rings. The van der Waals surface area contributed by atoms with E-state index in [-0.39, 0.29) is 6.10 Å². The smallest absolute Gasteiger partial charge is 0.335 e. The first-order chi connectivity index (χ1) is 7.00. The molecule has 3 heteroatoms. The minimum Gasteiger partial charge on any atom is -0.479 e. The van der Waals surface area contributed by atoms with E-state index in [1.807, 2.05) is 13.8 Å². The summed E-state index contributed by atoms with van der Waals surface area (Å²) in [6.45, 7) is 6.14. The number of carbonyl (C=O) groups is 1. The van der Waals surface area contributed by atoms with Crippen LogP contribution in [0.4, 0.5) is 0 Å². The third-order valence-electron chi connectivity index (χ3n) is 3.47. The molecule has 15 heavy (non-hydrogen) atoms. The molecule has 0 aliphatic heterocycles. The van der Waals surface area contributed by atoms with Crippen LogP contribution >= 0.6 is 0 Å². The van der Waals surface area contributed by atoms with Crippen molar-refractivity contribution < 1.29 is 14.6 Å². The molecule has 0 saturated heterocycles. The topological polar surface area (TPSA) is 46.5 Å². The Balaban J connectivity index is 2.67. The fourth-order valence-corrected chi connectivity index (χ4v) is 2.08. The molecule has 3 nitrogen and oxygen atoms in total. The van der Waals surface area contributed by atoms with Gasteiger partial charge in [0.2, 0.25) is 0 Å². The summed E-state index contributed by atoms with van der Waals surface area (Å²) in [7, 11) is 0. The normalized spacial score (nSPS) is 33.7. The molecule has 1 atom stereocenters. The molecule has 0 aromatic heterocycles. The first-order valence-corrected chi connectivity index (χ1v) is 5.91. The summed E-state index contributed by atoms with van der Waals surface area (Å²) in [4.78, 5) is 11.3. The lowest BCUT2D eigenvalue weighted by Gasteiger charge is -2.37. The predicted octanol–water partition coefficient (Wildman–Crippen LogP) is 2.84. The average Bonchev–Trinajstić information content (AvgIpc) is 2.21. The maximum Gasteiger partial charge on any atom is 0.335 e. The minimum atomic E-state index is -0.901. The first-order valence-electron chi connectivity index (χ1n) is 5.91. The zero-order valence-electron chi connectivity index (χ0n) is 9.95. The van der Waals surface area contributed by atoms with Crippen molar-refractivity contribution in [3.8, 4) is 0 Å². The molecule has 1 unspecified atom stereocenters. The van der Waals surface area contributed by atoms with E-state index < -0.39 is 11.6 Å². The Bertz CT molecular complexity index is 217. The van der Waals surface area contributed by atoms with Crippen LogP contribution in [0.15, 0.2) is 0 Å². The second-order valence-electron chi connectivity index (χ2n) is 4.82. The van der Waals surface area contributed by atoms with Crippen LogP contribution in [-0.2, 0) is 9.53 Å². The lowest BCUT2D eigenvalue weighted by atomic mass is 9.79. The highest BCUT2D eigenvalue weighted by atomic mass is 16.5. The molecular weight excluding hydrogens is 192 g/mol. The van der Waals surface area contributed by atoms with Gasteiger partial charge in [0.15, 0.2) is 5.60 Å². The van der Waals surface area contributed by atoms with Crippen molar-refractivity contribution in [3.63, 3.8) is 0 Å².